The molecule has 0 aliphatic carbocycles. The Morgan fingerprint density at radius 2 is 1.73 bits per heavy atom. The molecular formula is C32H52N4O9. The largest absolute Gasteiger partial charge is 0.463 e. The van der Waals surface area contributed by atoms with Crippen molar-refractivity contribution in [3.05, 3.63) is 23.8 Å². The van der Waals surface area contributed by atoms with Gasteiger partial charge in [0.2, 0.25) is 17.7 Å². The molecule has 254 valence electrons. The van der Waals surface area contributed by atoms with Crippen LogP contribution in [0.2, 0.25) is 0 Å². The lowest BCUT2D eigenvalue weighted by atomic mass is 9.89. The number of ketones is 1. The van der Waals surface area contributed by atoms with Crippen LogP contribution in [0.5, 0.6) is 0 Å². The first-order valence-corrected chi connectivity index (χ1v) is 15.5. The number of nitrogens with one attached hydrogen (secondary N) is 4. The summed E-state index contributed by atoms with van der Waals surface area (Å²) in [5.41, 5.74) is 0.115. The van der Waals surface area contributed by atoms with Crippen LogP contribution in [0.25, 0.3) is 0 Å². The van der Waals surface area contributed by atoms with Gasteiger partial charge in [0.1, 0.15) is 11.6 Å². The summed E-state index contributed by atoms with van der Waals surface area (Å²) in [4.78, 5) is 76.5. The van der Waals surface area contributed by atoms with Crippen molar-refractivity contribution in [2.24, 2.45) is 17.8 Å². The van der Waals surface area contributed by atoms with Crippen LogP contribution >= 0.6 is 0 Å². The Morgan fingerprint density at radius 3 is 2.24 bits per heavy atom. The van der Waals surface area contributed by atoms with Crippen molar-refractivity contribution in [1.82, 2.24) is 21.3 Å². The summed E-state index contributed by atoms with van der Waals surface area (Å²) in [5, 5.41) is 20.3. The molecule has 1 aliphatic heterocycles. The number of hydrogen-bond donors (Lipinski definition) is 5. The fourth-order valence-corrected chi connectivity index (χ4v) is 4.60. The van der Waals surface area contributed by atoms with Gasteiger partial charge in [-0.2, -0.15) is 0 Å². The molecule has 13 nitrogen and oxygen atoms in total. The zero-order chi connectivity index (χ0) is 34.3. The number of carbonyl (C=O) groups is 6. The molecule has 0 aromatic carbocycles. The molecule has 4 amide bonds. The molecule has 5 unspecified atom stereocenters. The second-order valence-corrected chi connectivity index (χ2v) is 12.7. The Hall–Kier alpha value is -3.74. The van der Waals surface area contributed by atoms with Gasteiger partial charge in [0.25, 0.3) is 0 Å². The average molecular weight is 637 g/mol. The Bertz CT molecular complexity index is 1110. The maximum absolute atomic E-state index is 13.6. The van der Waals surface area contributed by atoms with Gasteiger partial charge in [-0.05, 0) is 66.7 Å². The van der Waals surface area contributed by atoms with E-state index in [1.165, 1.54) is 12.2 Å². The Kier molecular flexibility index (Phi) is 16.5. The van der Waals surface area contributed by atoms with Crippen LogP contribution in [0.15, 0.2) is 23.8 Å². The third-order valence-electron chi connectivity index (χ3n) is 6.91. The molecule has 0 bridgehead atoms. The Morgan fingerprint density at radius 1 is 1.07 bits per heavy atom. The van der Waals surface area contributed by atoms with Crippen LogP contribution in [0.3, 0.4) is 0 Å². The molecular weight excluding hydrogens is 584 g/mol. The van der Waals surface area contributed by atoms with Gasteiger partial charge in [-0.25, -0.2) is 9.59 Å². The van der Waals surface area contributed by atoms with Gasteiger partial charge in [0.05, 0.1) is 19.3 Å². The van der Waals surface area contributed by atoms with Crippen molar-refractivity contribution in [1.29, 1.82) is 0 Å². The van der Waals surface area contributed by atoms with Crippen molar-refractivity contribution < 1.29 is 43.3 Å². The number of carbonyl (C=O) groups excluding carboxylic acids is 6. The molecule has 5 N–H and O–H groups in total. The van der Waals surface area contributed by atoms with E-state index in [0.29, 0.717) is 13.0 Å². The topological polar surface area (TPSA) is 189 Å². The number of ether oxygens (including phenoxy) is 2. The molecule has 0 aromatic rings. The van der Waals surface area contributed by atoms with E-state index in [9.17, 15) is 33.9 Å². The van der Waals surface area contributed by atoms with Gasteiger partial charge in [-0.3, -0.25) is 19.2 Å². The zero-order valence-corrected chi connectivity index (χ0v) is 27.9. The van der Waals surface area contributed by atoms with Gasteiger partial charge >= 0.3 is 12.1 Å². The van der Waals surface area contributed by atoms with E-state index in [2.05, 4.69) is 21.3 Å². The first-order chi connectivity index (χ1) is 21.0. The zero-order valence-electron chi connectivity index (χ0n) is 27.9. The van der Waals surface area contributed by atoms with Gasteiger partial charge in [0, 0.05) is 36.9 Å². The van der Waals surface area contributed by atoms with E-state index in [4.69, 9.17) is 9.47 Å². The molecule has 1 fully saturated rings. The van der Waals surface area contributed by atoms with Gasteiger partial charge < -0.3 is 35.8 Å². The van der Waals surface area contributed by atoms with Crippen molar-refractivity contribution in [3.8, 4) is 0 Å². The number of hydrogen-bond acceptors (Lipinski definition) is 9. The van der Waals surface area contributed by atoms with Gasteiger partial charge in [0.15, 0.2) is 5.78 Å². The lowest BCUT2D eigenvalue weighted by molar-refractivity contribution is -0.137. The number of aliphatic hydroxyl groups is 1. The summed E-state index contributed by atoms with van der Waals surface area (Å²) in [5.74, 6) is -3.91. The van der Waals surface area contributed by atoms with Gasteiger partial charge in [-0.15, -0.1) is 0 Å². The lowest BCUT2D eigenvalue weighted by Gasteiger charge is -2.27. The highest BCUT2D eigenvalue weighted by molar-refractivity contribution is 5.94. The molecule has 5 atom stereocenters. The molecule has 0 spiro atoms. The standard InChI is InChI=1S/C32H52N4O9/c1-9-44-26(39)13-12-23(16-22-14-15-33-28(22)40)34-29(41)21(11-10-19(2)3)17-25(38)27(20(4)5)36-30(42)24(18-37)35-31(43)45-32(6,7)8/h10,12-13,20-24,27,37H,9,11,14-18H2,1-8H3,(H,33,40)(H,34,41)(H,35,43)(H,36,42)/b13-12+. The van der Waals surface area contributed by atoms with Crippen molar-refractivity contribution >= 4 is 35.6 Å². The van der Waals surface area contributed by atoms with E-state index >= 15 is 0 Å². The van der Waals surface area contributed by atoms with Gasteiger partial charge in [-0.1, -0.05) is 31.6 Å². The number of Topliss-reactive ketones (excluding diaryl/α,β-unsaturated/α-hetero) is 1. The molecule has 0 aromatic heterocycles. The number of esters is 1. The van der Waals surface area contributed by atoms with Crippen LogP contribution in [0.4, 0.5) is 4.79 Å². The summed E-state index contributed by atoms with van der Waals surface area (Å²) in [6, 6.07) is -3.06. The first kappa shape index (κ1) is 39.3. The molecule has 45 heavy (non-hydrogen) atoms. The van der Waals surface area contributed by atoms with Crippen LogP contribution < -0.4 is 21.3 Å². The molecule has 1 aliphatic rings. The van der Waals surface area contributed by atoms with Crippen molar-refractivity contribution in [3.63, 3.8) is 0 Å². The monoisotopic (exact) mass is 636 g/mol. The normalized spacial score (nSPS) is 17.5. The number of allylic oxidation sites excluding steroid dienone is 2. The fraction of sp³-hybridized carbons (Fsp3) is 0.688. The van der Waals surface area contributed by atoms with Crippen molar-refractivity contribution in [2.45, 2.75) is 105 Å². The minimum atomic E-state index is -1.36. The molecule has 1 heterocycles. The van der Waals surface area contributed by atoms with Crippen LogP contribution in [-0.2, 0) is 33.4 Å². The number of amides is 4. The summed E-state index contributed by atoms with van der Waals surface area (Å²) < 4.78 is 10.1. The number of rotatable bonds is 17. The third-order valence-corrected chi connectivity index (χ3v) is 6.91. The number of alkyl carbamates (subject to hydrolysis) is 1. The minimum Gasteiger partial charge on any atom is -0.463 e. The van der Waals surface area contributed by atoms with E-state index in [1.807, 2.05) is 19.9 Å². The summed E-state index contributed by atoms with van der Waals surface area (Å²) in [7, 11) is 0. The quantitative estimate of drug-likeness (QED) is 0.0904. The highest BCUT2D eigenvalue weighted by Gasteiger charge is 2.33. The number of aliphatic hydroxyl groups excluding tert-OH is 1. The highest BCUT2D eigenvalue weighted by atomic mass is 16.6. The Balaban J connectivity index is 3.14. The molecule has 13 heteroatoms. The third kappa shape index (κ3) is 15.2. The molecule has 0 radical (unpaired) electrons. The van der Waals surface area contributed by atoms with E-state index < -0.39 is 65.9 Å². The van der Waals surface area contributed by atoms with E-state index in [-0.39, 0.29) is 43.6 Å². The van der Waals surface area contributed by atoms with Crippen molar-refractivity contribution in [2.75, 3.05) is 19.8 Å². The maximum atomic E-state index is 13.6. The lowest BCUT2D eigenvalue weighted by Crippen LogP contribution is -2.55. The molecule has 1 rings (SSSR count). The van der Waals surface area contributed by atoms with Crippen LogP contribution in [0.1, 0.15) is 81.1 Å². The predicted octanol–water partition coefficient (Wildman–Crippen LogP) is 2.07. The fourth-order valence-electron chi connectivity index (χ4n) is 4.60. The summed E-state index contributed by atoms with van der Waals surface area (Å²) in [6.45, 7) is 13.8. The molecule has 0 saturated carbocycles. The highest BCUT2D eigenvalue weighted by Crippen LogP contribution is 2.20. The first-order valence-electron chi connectivity index (χ1n) is 15.5. The second-order valence-electron chi connectivity index (χ2n) is 12.7. The van der Waals surface area contributed by atoms with Crippen LogP contribution in [0, 0.1) is 17.8 Å². The van der Waals surface area contributed by atoms with Crippen LogP contribution in [-0.4, -0.2) is 84.2 Å². The Labute approximate surface area is 266 Å². The van der Waals surface area contributed by atoms with E-state index in [0.717, 1.165) is 5.57 Å². The minimum absolute atomic E-state index is 0.132. The summed E-state index contributed by atoms with van der Waals surface area (Å²) in [6.07, 6.45) is 4.50. The second kappa shape index (κ2) is 18.9. The smallest absolute Gasteiger partial charge is 0.408 e. The predicted molar refractivity (Wildman–Crippen MR) is 168 cm³/mol. The average Bonchev–Trinajstić information content (AvgIpc) is 3.33. The summed E-state index contributed by atoms with van der Waals surface area (Å²) >= 11 is 0. The maximum Gasteiger partial charge on any atom is 0.408 e. The molecule has 1 saturated heterocycles. The van der Waals surface area contributed by atoms with E-state index in [1.54, 1.807) is 41.5 Å². The SMILES string of the molecule is CCOC(=O)/C=C/C(CC1CCNC1=O)NC(=O)C(CC=C(C)C)CC(=O)C(NC(=O)C(CO)NC(=O)OC(C)(C)C)C(C)C.